The molecule has 106 valence electrons. The second-order valence-electron chi connectivity index (χ2n) is 5.42. The fourth-order valence-electron chi connectivity index (χ4n) is 3.24. The number of nitrogens with one attached hydrogen (secondary N) is 1. The maximum Gasteiger partial charge on any atom is 0.0450 e. The molecule has 1 N–H and O–H groups in total. The minimum Gasteiger partial charge on any atom is -0.387 e. The first-order chi connectivity index (χ1) is 10.3. The SMILES string of the molecule is C/C=C(/c1ccccc1)c1cc2c(c(C)c1NC)CC=C2. The largest absolute Gasteiger partial charge is 0.387 e. The zero-order chi connectivity index (χ0) is 14.8. The first-order valence-corrected chi connectivity index (χ1v) is 7.49. The molecule has 0 spiro atoms. The average Bonchev–Trinajstić information content (AvgIpc) is 2.98. The molecule has 0 radical (unpaired) electrons. The number of hydrogen-bond donors (Lipinski definition) is 1. The van der Waals surface area contributed by atoms with Crippen molar-refractivity contribution in [3.8, 4) is 0 Å². The van der Waals surface area contributed by atoms with Gasteiger partial charge in [-0.3, -0.25) is 0 Å². The van der Waals surface area contributed by atoms with E-state index in [9.17, 15) is 0 Å². The van der Waals surface area contributed by atoms with E-state index in [1.165, 1.54) is 39.1 Å². The van der Waals surface area contributed by atoms with E-state index in [-0.39, 0.29) is 0 Å². The lowest BCUT2D eigenvalue weighted by atomic mass is 9.90. The summed E-state index contributed by atoms with van der Waals surface area (Å²) in [6.45, 7) is 4.33. The van der Waals surface area contributed by atoms with E-state index in [1.807, 2.05) is 7.05 Å². The molecule has 21 heavy (non-hydrogen) atoms. The normalized spacial score (nSPS) is 13.4. The summed E-state index contributed by atoms with van der Waals surface area (Å²) < 4.78 is 0. The van der Waals surface area contributed by atoms with Crippen LogP contribution in [-0.4, -0.2) is 7.05 Å². The van der Waals surface area contributed by atoms with Gasteiger partial charge in [0.2, 0.25) is 0 Å². The monoisotopic (exact) mass is 275 g/mol. The highest BCUT2D eigenvalue weighted by Gasteiger charge is 2.17. The molecule has 1 aliphatic carbocycles. The van der Waals surface area contributed by atoms with Gasteiger partial charge in [0.15, 0.2) is 0 Å². The molecule has 3 rings (SSSR count). The molecule has 0 unspecified atom stereocenters. The predicted octanol–water partition coefficient (Wildman–Crippen LogP) is 5.06. The third-order valence-corrected chi connectivity index (χ3v) is 4.28. The molecule has 0 heterocycles. The minimum atomic E-state index is 1.05. The lowest BCUT2D eigenvalue weighted by molar-refractivity contribution is 1.23. The standard InChI is InChI=1S/C20H21N/c1-4-17(15-9-6-5-7-10-15)19-13-16-11-8-12-18(16)14(2)20(19)21-3/h4-11,13,21H,12H2,1-3H3/b17-4-. The Morgan fingerprint density at radius 2 is 1.95 bits per heavy atom. The van der Waals surface area contributed by atoms with Gasteiger partial charge in [0.1, 0.15) is 0 Å². The summed E-state index contributed by atoms with van der Waals surface area (Å²) in [4.78, 5) is 0. The van der Waals surface area contributed by atoms with E-state index in [2.05, 4.69) is 73.8 Å². The van der Waals surface area contributed by atoms with Crippen molar-refractivity contribution in [1.29, 1.82) is 0 Å². The van der Waals surface area contributed by atoms with Gasteiger partial charge in [0.05, 0.1) is 0 Å². The highest BCUT2D eigenvalue weighted by molar-refractivity contribution is 5.89. The summed E-state index contributed by atoms with van der Waals surface area (Å²) in [5, 5.41) is 3.41. The van der Waals surface area contributed by atoms with Crippen LogP contribution in [0.5, 0.6) is 0 Å². The van der Waals surface area contributed by atoms with Crippen molar-refractivity contribution in [1.82, 2.24) is 0 Å². The van der Waals surface area contributed by atoms with Gasteiger partial charge in [-0.2, -0.15) is 0 Å². The lowest BCUT2D eigenvalue weighted by Crippen LogP contribution is -2.03. The van der Waals surface area contributed by atoms with Crippen LogP contribution in [0, 0.1) is 6.92 Å². The Kier molecular flexibility index (Phi) is 3.66. The molecule has 0 bridgehead atoms. The van der Waals surface area contributed by atoms with Crippen molar-refractivity contribution < 1.29 is 0 Å². The second-order valence-corrected chi connectivity index (χ2v) is 5.42. The summed E-state index contributed by atoms with van der Waals surface area (Å²) in [6.07, 6.45) is 7.74. The molecule has 0 saturated carbocycles. The average molecular weight is 275 g/mol. The topological polar surface area (TPSA) is 12.0 Å². The van der Waals surface area contributed by atoms with Crippen LogP contribution in [0.25, 0.3) is 11.6 Å². The maximum atomic E-state index is 3.41. The van der Waals surface area contributed by atoms with Gasteiger partial charge in [-0.05, 0) is 54.2 Å². The molecule has 2 aromatic rings. The van der Waals surface area contributed by atoms with Crippen LogP contribution >= 0.6 is 0 Å². The third-order valence-electron chi connectivity index (χ3n) is 4.28. The maximum absolute atomic E-state index is 3.41. The predicted molar refractivity (Wildman–Crippen MR) is 92.7 cm³/mol. The molecule has 1 nitrogen and oxygen atoms in total. The van der Waals surface area contributed by atoms with Crippen molar-refractivity contribution in [2.75, 3.05) is 12.4 Å². The van der Waals surface area contributed by atoms with Crippen LogP contribution in [0.2, 0.25) is 0 Å². The van der Waals surface area contributed by atoms with Crippen LogP contribution in [-0.2, 0) is 6.42 Å². The first kappa shape index (κ1) is 13.7. The van der Waals surface area contributed by atoms with Crippen molar-refractivity contribution in [3.05, 3.63) is 76.4 Å². The van der Waals surface area contributed by atoms with E-state index in [1.54, 1.807) is 0 Å². The number of hydrogen-bond acceptors (Lipinski definition) is 1. The van der Waals surface area contributed by atoms with E-state index < -0.39 is 0 Å². The van der Waals surface area contributed by atoms with E-state index in [4.69, 9.17) is 0 Å². The van der Waals surface area contributed by atoms with Crippen LogP contribution in [0.15, 0.2) is 48.6 Å². The number of rotatable bonds is 3. The molecule has 2 aromatic carbocycles. The van der Waals surface area contributed by atoms with Gasteiger partial charge < -0.3 is 5.32 Å². The minimum absolute atomic E-state index is 1.05. The number of allylic oxidation sites excluding steroid dienone is 2. The lowest BCUT2D eigenvalue weighted by Gasteiger charge is -2.19. The molecule has 0 aliphatic heterocycles. The highest BCUT2D eigenvalue weighted by Crippen LogP contribution is 2.37. The van der Waals surface area contributed by atoms with Gasteiger partial charge in [-0.25, -0.2) is 0 Å². The van der Waals surface area contributed by atoms with Crippen molar-refractivity contribution in [2.45, 2.75) is 20.3 Å². The Morgan fingerprint density at radius 1 is 1.19 bits per heavy atom. The number of benzene rings is 2. The van der Waals surface area contributed by atoms with Gasteiger partial charge in [-0.1, -0.05) is 48.6 Å². The van der Waals surface area contributed by atoms with Crippen LogP contribution < -0.4 is 5.32 Å². The molecule has 0 atom stereocenters. The Balaban J connectivity index is 2.22. The van der Waals surface area contributed by atoms with Gasteiger partial charge in [0, 0.05) is 18.3 Å². The van der Waals surface area contributed by atoms with Gasteiger partial charge in [-0.15, -0.1) is 0 Å². The fraction of sp³-hybridized carbons (Fsp3) is 0.200. The number of fused-ring (bicyclic) bond motifs is 1. The Labute approximate surface area is 127 Å². The molecular formula is C20H21N. The molecule has 1 heteroatoms. The van der Waals surface area contributed by atoms with Gasteiger partial charge >= 0.3 is 0 Å². The summed E-state index contributed by atoms with van der Waals surface area (Å²) in [5.74, 6) is 0. The molecule has 0 saturated heterocycles. The zero-order valence-corrected chi connectivity index (χ0v) is 12.9. The summed E-state index contributed by atoms with van der Waals surface area (Å²) in [7, 11) is 2.01. The summed E-state index contributed by atoms with van der Waals surface area (Å²) in [6, 6.07) is 12.9. The smallest absolute Gasteiger partial charge is 0.0450 e. The van der Waals surface area contributed by atoms with Crippen LogP contribution in [0.4, 0.5) is 5.69 Å². The highest BCUT2D eigenvalue weighted by atomic mass is 14.8. The molecule has 0 fully saturated rings. The third kappa shape index (κ3) is 2.29. The van der Waals surface area contributed by atoms with Crippen molar-refractivity contribution >= 4 is 17.3 Å². The zero-order valence-electron chi connectivity index (χ0n) is 12.9. The second kappa shape index (κ2) is 5.61. The van der Waals surface area contributed by atoms with Crippen molar-refractivity contribution in [3.63, 3.8) is 0 Å². The van der Waals surface area contributed by atoms with Crippen molar-refractivity contribution in [2.24, 2.45) is 0 Å². The van der Waals surface area contributed by atoms with E-state index in [0.717, 1.165) is 6.42 Å². The molecular weight excluding hydrogens is 254 g/mol. The van der Waals surface area contributed by atoms with E-state index in [0.29, 0.717) is 0 Å². The Morgan fingerprint density at radius 3 is 2.62 bits per heavy atom. The van der Waals surface area contributed by atoms with Crippen LogP contribution in [0.1, 0.15) is 34.7 Å². The van der Waals surface area contributed by atoms with E-state index >= 15 is 0 Å². The van der Waals surface area contributed by atoms with Crippen LogP contribution in [0.3, 0.4) is 0 Å². The number of anilines is 1. The molecule has 1 aliphatic rings. The summed E-state index contributed by atoms with van der Waals surface area (Å²) >= 11 is 0. The fourth-order valence-corrected chi connectivity index (χ4v) is 3.24. The molecule has 0 aromatic heterocycles. The quantitative estimate of drug-likeness (QED) is 0.825. The van der Waals surface area contributed by atoms with Gasteiger partial charge in [0.25, 0.3) is 0 Å². The molecule has 0 amide bonds. The Bertz CT molecular complexity index is 721. The summed E-state index contributed by atoms with van der Waals surface area (Å²) in [5.41, 5.74) is 9.25. The first-order valence-electron chi connectivity index (χ1n) is 7.49. The Hall–Kier alpha value is -2.28.